The summed E-state index contributed by atoms with van der Waals surface area (Å²) in [4.78, 5) is 16.1. The van der Waals surface area contributed by atoms with Gasteiger partial charge in [0.2, 0.25) is 10.0 Å². The number of hydrogen-bond acceptors (Lipinski definition) is 3. The fourth-order valence-corrected chi connectivity index (χ4v) is 6.02. The molecule has 1 aliphatic heterocycles. The maximum absolute atomic E-state index is 12.9. The molecule has 1 saturated heterocycles. The summed E-state index contributed by atoms with van der Waals surface area (Å²) >= 11 is 0. The van der Waals surface area contributed by atoms with Gasteiger partial charge in [-0.3, -0.25) is 4.79 Å². The SMILES string of the molecule is C[C@H](C(=O)N(C)C1CCCCC1)[NH+]1CCN(S(=O)(=O)Cc2ccccc2)CC1. The number of likely N-dealkylation sites (N-methyl/N-ethyl adjacent to an activating group) is 1. The van der Waals surface area contributed by atoms with Gasteiger partial charge in [0, 0.05) is 13.1 Å². The lowest BCUT2D eigenvalue weighted by molar-refractivity contribution is -0.918. The minimum absolute atomic E-state index is 0.0437. The first kappa shape index (κ1) is 21.3. The molecule has 3 rings (SSSR count). The maximum Gasteiger partial charge on any atom is 0.280 e. The van der Waals surface area contributed by atoms with Crippen LogP contribution in [0.1, 0.15) is 44.6 Å². The fourth-order valence-electron chi connectivity index (χ4n) is 4.49. The molecule has 156 valence electrons. The number of quaternary nitrogens is 1. The monoisotopic (exact) mass is 408 g/mol. The van der Waals surface area contributed by atoms with Crippen LogP contribution in [0.25, 0.3) is 0 Å². The van der Waals surface area contributed by atoms with E-state index in [0.717, 1.165) is 18.4 Å². The third-order valence-electron chi connectivity index (χ3n) is 6.40. The van der Waals surface area contributed by atoms with Crippen LogP contribution in [-0.2, 0) is 20.6 Å². The lowest BCUT2D eigenvalue weighted by Crippen LogP contribution is -3.19. The Kier molecular flexibility index (Phi) is 7.12. The highest BCUT2D eigenvalue weighted by atomic mass is 32.2. The topological polar surface area (TPSA) is 62.1 Å². The second-order valence-electron chi connectivity index (χ2n) is 8.26. The number of nitrogens with one attached hydrogen (secondary N) is 1. The van der Waals surface area contributed by atoms with Gasteiger partial charge in [-0.05, 0) is 25.3 Å². The summed E-state index contributed by atoms with van der Waals surface area (Å²) in [5.41, 5.74) is 0.815. The molecule has 1 heterocycles. The predicted octanol–water partition coefficient (Wildman–Crippen LogP) is 0.897. The number of benzene rings is 1. The number of hydrogen-bond donors (Lipinski definition) is 1. The predicted molar refractivity (Wildman–Crippen MR) is 110 cm³/mol. The summed E-state index contributed by atoms with van der Waals surface area (Å²) in [6.45, 7) is 4.31. The van der Waals surface area contributed by atoms with Crippen LogP contribution in [0, 0.1) is 0 Å². The number of carbonyl (C=O) groups is 1. The second kappa shape index (κ2) is 9.37. The van der Waals surface area contributed by atoms with Crippen molar-refractivity contribution in [3.05, 3.63) is 35.9 Å². The molecule has 0 spiro atoms. The zero-order chi connectivity index (χ0) is 20.1. The number of rotatable bonds is 6. The van der Waals surface area contributed by atoms with E-state index in [0.29, 0.717) is 32.2 Å². The molecule has 2 fully saturated rings. The number of nitrogens with zero attached hydrogens (tertiary/aromatic N) is 2. The Morgan fingerprint density at radius 1 is 1.14 bits per heavy atom. The molecule has 1 amide bonds. The second-order valence-corrected chi connectivity index (χ2v) is 10.2. The van der Waals surface area contributed by atoms with Crippen LogP contribution in [0.3, 0.4) is 0 Å². The van der Waals surface area contributed by atoms with Gasteiger partial charge < -0.3 is 9.80 Å². The lowest BCUT2D eigenvalue weighted by atomic mass is 9.94. The van der Waals surface area contributed by atoms with Gasteiger partial charge >= 0.3 is 0 Å². The van der Waals surface area contributed by atoms with Gasteiger partial charge in [-0.15, -0.1) is 0 Å². The molecule has 2 aliphatic rings. The lowest BCUT2D eigenvalue weighted by Gasteiger charge is -2.37. The molecule has 1 aliphatic carbocycles. The van der Waals surface area contributed by atoms with Crippen LogP contribution < -0.4 is 4.90 Å². The first-order valence-corrected chi connectivity index (χ1v) is 12.1. The van der Waals surface area contributed by atoms with Crippen molar-refractivity contribution in [3.63, 3.8) is 0 Å². The molecule has 6 nitrogen and oxygen atoms in total. The summed E-state index contributed by atoms with van der Waals surface area (Å²) in [6.07, 6.45) is 5.91. The molecular weight excluding hydrogens is 374 g/mol. The Bertz CT molecular complexity index is 739. The van der Waals surface area contributed by atoms with Gasteiger partial charge in [0.25, 0.3) is 5.91 Å². The van der Waals surface area contributed by atoms with E-state index in [1.54, 1.807) is 4.31 Å². The first-order valence-electron chi connectivity index (χ1n) is 10.5. The average Bonchev–Trinajstić information content (AvgIpc) is 2.73. The summed E-state index contributed by atoms with van der Waals surface area (Å²) in [6, 6.07) is 9.57. The van der Waals surface area contributed by atoms with Crippen molar-refractivity contribution in [2.75, 3.05) is 33.2 Å². The smallest absolute Gasteiger partial charge is 0.280 e. The molecule has 1 N–H and O–H groups in total. The average molecular weight is 409 g/mol. The van der Waals surface area contributed by atoms with Crippen molar-refractivity contribution < 1.29 is 18.1 Å². The number of amides is 1. The highest BCUT2D eigenvalue weighted by Crippen LogP contribution is 2.22. The standard InChI is InChI=1S/C21H33N3O3S/c1-18(21(25)22(2)20-11-7-4-8-12-20)23-13-15-24(16-14-23)28(26,27)17-19-9-5-3-6-10-19/h3,5-6,9-10,18,20H,4,7-8,11-17H2,1-2H3/p+1/t18-/m1/s1. The Hall–Kier alpha value is -1.44. The maximum atomic E-state index is 12.9. The normalized spacial score (nSPS) is 21.4. The van der Waals surface area contributed by atoms with Gasteiger partial charge in [-0.25, -0.2) is 8.42 Å². The van der Waals surface area contributed by atoms with Crippen LogP contribution in [-0.4, -0.2) is 68.8 Å². The van der Waals surface area contributed by atoms with Crippen LogP contribution in [0.4, 0.5) is 0 Å². The Morgan fingerprint density at radius 2 is 1.75 bits per heavy atom. The van der Waals surface area contributed by atoms with Gasteiger partial charge in [0.1, 0.15) is 0 Å². The third kappa shape index (κ3) is 5.13. The number of carbonyl (C=O) groups excluding carboxylic acids is 1. The Balaban J connectivity index is 1.53. The van der Waals surface area contributed by atoms with Crippen molar-refractivity contribution in [1.82, 2.24) is 9.21 Å². The quantitative estimate of drug-likeness (QED) is 0.761. The summed E-state index contributed by atoms with van der Waals surface area (Å²) in [5.74, 6) is 0.240. The summed E-state index contributed by atoms with van der Waals surface area (Å²) in [7, 11) is -1.38. The molecule has 1 aromatic rings. The van der Waals surface area contributed by atoms with Crippen molar-refractivity contribution in [2.24, 2.45) is 0 Å². The van der Waals surface area contributed by atoms with Gasteiger partial charge in [0.15, 0.2) is 6.04 Å². The zero-order valence-electron chi connectivity index (χ0n) is 17.1. The van der Waals surface area contributed by atoms with Crippen molar-refractivity contribution in [1.29, 1.82) is 0 Å². The Morgan fingerprint density at radius 3 is 2.36 bits per heavy atom. The van der Waals surface area contributed by atoms with Gasteiger partial charge in [-0.2, -0.15) is 4.31 Å². The van der Waals surface area contributed by atoms with Crippen molar-refractivity contribution >= 4 is 15.9 Å². The van der Waals surface area contributed by atoms with Crippen LogP contribution in [0.5, 0.6) is 0 Å². The number of sulfonamides is 1. The molecule has 28 heavy (non-hydrogen) atoms. The van der Waals surface area contributed by atoms with E-state index in [2.05, 4.69) is 0 Å². The molecule has 0 aromatic heterocycles. The molecule has 1 saturated carbocycles. The van der Waals surface area contributed by atoms with E-state index >= 15 is 0 Å². The molecule has 7 heteroatoms. The van der Waals surface area contributed by atoms with Gasteiger partial charge in [-0.1, -0.05) is 49.6 Å². The molecule has 1 aromatic carbocycles. The van der Waals surface area contributed by atoms with Crippen molar-refractivity contribution in [3.8, 4) is 0 Å². The van der Waals surface area contributed by atoms with Crippen LogP contribution in [0.15, 0.2) is 30.3 Å². The molecule has 0 bridgehead atoms. The highest BCUT2D eigenvalue weighted by Gasteiger charge is 2.36. The Labute approximate surface area is 169 Å². The van der Waals surface area contributed by atoms with Gasteiger partial charge in [0.05, 0.1) is 31.9 Å². The largest absolute Gasteiger partial charge is 0.338 e. The number of piperazine rings is 1. The van der Waals surface area contributed by atoms with E-state index in [4.69, 9.17) is 0 Å². The molecule has 0 unspecified atom stereocenters. The van der Waals surface area contributed by atoms with E-state index in [1.807, 2.05) is 49.2 Å². The fraction of sp³-hybridized carbons (Fsp3) is 0.667. The minimum Gasteiger partial charge on any atom is -0.338 e. The zero-order valence-corrected chi connectivity index (χ0v) is 18.0. The van der Waals surface area contributed by atoms with E-state index in [9.17, 15) is 13.2 Å². The van der Waals surface area contributed by atoms with Crippen LogP contribution >= 0.6 is 0 Å². The highest BCUT2D eigenvalue weighted by molar-refractivity contribution is 7.88. The minimum atomic E-state index is -3.31. The van der Waals surface area contributed by atoms with E-state index in [-0.39, 0.29) is 17.7 Å². The van der Waals surface area contributed by atoms with E-state index < -0.39 is 10.0 Å². The van der Waals surface area contributed by atoms with E-state index in [1.165, 1.54) is 24.2 Å². The van der Waals surface area contributed by atoms with Crippen molar-refractivity contribution in [2.45, 2.75) is 56.9 Å². The third-order valence-corrected chi connectivity index (χ3v) is 8.25. The summed E-state index contributed by atoms with van der Waals surface area (Å²) in [5, 5.41) is 0. The van der Waals surface area contributed by atoms with Crippen LogP contribution in [0.2, 0.25) is 0 Å². The summed E-state index contributed by atoms with van der Waals surface area (Å²) < 4.78 is 27.0. The molecule has 1 atom stereocenters. The molecular formula is C21H34N3O3S+. The molecule has 0 radical (unpaired) electrons. The first-order chi connectivity index (χ1) is 13.4.